The molecule has 2 aromatic rings. The molecule has 0 fully saturated rings. The molecule has 1 N–H and O–H groups in total. The van der Waals surface area contributed by atoms with Crippen molar-refractivity contribution in [1.29, 1.82) is 0 Å². The first-order chi connectivity index (χ1) is 10.1. The third kappa shape index (κ3) is 4.13. The summed E-state index contributed by atoms with van der Waals surface area (Å²) < 4.78 is 7.21. The average Bonchev–Trinajstić information content (AvgIpc) is 2.91. The Morgan fingerprint density at radius 2 is 2.10 bits per heavy atom. The number of nitrogens with zero attached hydrogens (tertiary/aromatic N) is 2. The van der Waals surface area contributed by atoms with Crippen LogP contribution in [0.1, 0.15) is 18.9 Å². The van der Waals surface area contributed by atoms with Crippen molar-refractivity contribution in [2.75, 3.05) is 25.1 Å². The van der Waals surface area contributed by atoms with E-state index in [-0.39, 0.29) is 0 Å². The second kappa shape index (κ2) is 7.69. The number of benzene rings is 1. The number of rotatable bonds is 7. The highest BCUT2D eigenvalue weighted by molar-refractivity contribution is 6.35. The number of halogens is 2. The van der Waals surface area contributed by atoms with E-state index in [1.165, 1.54) is 0 Å². The Labute approximate surface area is 135 Å². The van der Waals surface area contributed by atoms with Crippen LogP contribution in [-0.2, 0) is 4.74 Å². The summed E-state index contributed by atoms with van der Waals surface area (Å²) in [4.78, 5) is 4.31. The van der Waals surface area contributed by atoms with E-state index in [9.17, 15) is 0 Å². The average molecular weight is 328 g/mol. The van der Waals surface area contributed by atoms with Crippen LogP contribution >= 0.6 is 23.2 Å². The monoisotopic (exact) mass is 327 g/mol. The van der Waals surface area contributed by atoms with E-state index in [0.29, 0.717) is 10.0 Å². The summed E-state index contributed by atoms with van der Waals surface area (Å²) in [5.41, 5.74) is 1.77. The SMILES string of the molecule is CCOCCCNc1nccn1-c1cc(Cl)c(C)cc1Cl. The molecule has 0 aliphatic rings. The lowest BCUT2D eigenvalue weighted by molar-refractivity contribution is 0.147. The lowest BCUT2D eigenvalue weighted by atomic mass is 10.2. The van der Waals surface area contributed by atoms with Crippen molar-refractivity contribution >= 4 is 29.2 Å². The van der Waals surface area contributed by atoms with Gasteiger partial charge < -0.3 is 10.1 Å². The van der Waals surface area contributed by atoms with Gasteiger partial charge in [0, 0.05) is 37.2 Å². The highest BCUT2D eigenvalue weighted by atomic mass is 35.5. The van der Waals surface area contributed by atoms with Crippen LogP contribution < -0.4 is 5.32 Å². The predicted octanol–water partition coefficient (Wildman–Crippen LogP) is 4.33. The summed E-state index contributed by atoms with van der Waals surface area (Å²) in [7, 11) is 0. The Hall–Kier alpha value is -1.23. The van der Waals surface area contributed by atoms with E-state index >= 15 is 0 Å². The van der Waals surface area contributed by atoms with Gasteiger partial charge in [0.25, 0.3) is 0 Å². The van der Waals surface area contributed by atoms with Crippen LogP contribution in [0.5, 0.6) is 0 Å². The molecule has 0 saturated carbocycles. The Kier molecular flexibility index (Phi) is 5.91. The van der Waals surface area contributed by atoms with E-state index in [2.05, 4.69) is 10.3 Å². The number of nitrogens with one attached hydrogen (secondary N) is 1. The zero-order valence-corrected chi connectivity index (χ0v) is 13.7. The molecule has 1 aromatic heterocycles. The van der Waals surface area contributed by atoms with Crippen LogP contribution in [0.25, 0.3) is 5.69 Å². The molecule has 2 rings (SSSR count). The first-order valence-corrected chi connectivity index (χ1v) is 7.70. The molecule has 0 bridgehead atoms. The van der Waals surface area contributed by atoms with Crippen LogP contribution in [-0.4, -0.2) is 29.3 Å². The second-order valence-electron chi connectivity index (χ2n) is 4.65. The third-order valence-electron chi connectivity index (χ3n) is 3.08. The standard InChI is InChI=1S/C15H19Cl2N3O/c1-3-21-8-4-5-18-15-19-6-7-20(15)14-10-12(16)11(2)9-13(14)17/h6-7,9-10H,3-5,8H2,1-2H3,(H,18,19). The minimum atomic E-state index is 0.646. The lowest BCUT2D eigenvalue weighted by Gasteiger charge is -2.12. The van der Waals surface area contributed by atoms with Crippen molar-refractivity contribution in [2.24, 2.45) is 0 Å². The summed E-state index contributed by atoms with van der Waals surface area (Å²) >= 11 is 12.5. The van der Waals surface area contributed by atoms with Gasteiger partial charge in [0.15, 0.2) is 0 Å². The maximum Gasteiger partial charge on any atom is 0.207 e. The fourth-order valence-corrected chi connectivity index (χ4v) is 2.43. The van der Waals surface area contributed by atoms with E-state index in [1.54, 1.807) is 6.20 Å². The molecule has 0 spiro atoms. The minimum absolute atomic E-state index is 0.646. The highest BCUT2D eigenvalue weighted by Gasteiger charge is 2.10. The first kappa shape index (κ1) is 16.1. The number of anilines is 1. The van der Waals surface area contributed by atoms with Gasteiger partial charge in [-0.25, -0.2) is 4.98 Å². The van der Waals surface area contributed by atoms with Crippen molar-refractivity contribution in [3.05, 3.63) is 40.1 Å². The molecule has 4 nitrogen and oxygen atoms in total. The number of ether oxygens (including phenoxy) is 1. The van der Waals surface area contributed by atoms with Crippen molar-refractivity contribution < 1.29 is 4.74 Å². The predicted molar refractivity (Wildman–Crippen MR) is 87.9 cm³/mol. The fraction of sp³-hybridized carbons (Fsp3) is 0.400. The summed E-state index contributed by atoms with van der Waals surface area (Å²) in [5, 5.41) is 4.61. The van der Waals surface area contributed by atoms with Crippen molar-refractivity contribution in [3.8, 4) is 5.69 Å². The van der Waals surface area contributed by atoms with Gasteiger partial charge in [-0.05, 0) is 38.0 Å². The Morgan fingerprint density at radius 1 is 1.29 bits per heavy atom. The molecular weight excluding hydrogens is 309 g/mol. The fourth-order valence-electron chi connectivity index (χ4n) is 1.97. The number of hydrogen-bond donors (Lipinski definition) is 1. The molecule has 21 heavy (non-hydrogen) atoms. The van der Waals surface area contributed by atoms with E-state index in [0.717, 1.165) is 43.4 Å². The lowest BCUT2D eigenvalue weighted by Crippen LogP contribution is -2.10. The molecular formula is C15H19Cl2N3O. The summed E-state index contributed by atoms with van der Waals surface area (Å²) in [6, 6.07) is 3.71. The van der Waals surface area contributed by atoms with E-state index in [4.69, 9.17) is 27.9 Å². The molecule has 0 radical (unpaired) electrons. The number of aryl methyl sites for hydroxylation is 1. The van der Waals surface area contributed by atoms with Crippen LogP contribution in [0.3, 0.4) is 0 Å². The largest absolute Gasteiger partial charge is 0.382 e. The van der Waals surface area contributed by atoms with Crippen LogP contribution in [0.4, 0.5) is 5.95 Å². The van der Waals surface area contributed by atoms with Gasteiger partial charge in [-0.2, -0.15) is 0 Å². The molecule has 0 saturated heterocycles. The summed E-state index contributed by atoms with van der Waals surface area (Å²) in [5.74, 6) is 0.744. The van der Waals surface area contributed by atoms with Gasteiger partial charge in [0.2, 0.25) is 5.95 Å². The quantitative estimate of drug-likeness (QED) is 0.769. The van der Waals surface area contributed by atoms with Crippen molar-refractivity contribution in [3.63, 3.8) is 0 Å². The number of hydrogen-bond acceptors (Lipinski definition) is 3. The Morgan fingerprint density at radius 3 is 2.86 bits per heavy atom. The maximum absolute atomic E-state index is 6.31. The molecule has 0 amide bonds. The zero-order valence-electron chi connectivity index (χ0n) is 12.2. The summed E-state index contributed by atoms with van der Waals surface area (Å²) in [6.45, 7) is 6.18. The van der Waals surface area contributed by atoms with Crippen LogP contribution in [0.15, 0.2) is 24.5 Å². The normalized spacial score (nSPS) is 10.9. The smallest absolute Gasteiger partial charge is 0.207 e. The van der Waals surface area contributed by atoms with Crippen LogP contribution in [0, 0.1) is 6.92 Å². The first-order valence-electron chi connectivity index (χ1n) is 6.94. The molecule has 1 aromatic carbocycles. The van der Waals surface area contributed by atoms with Gasteiger partial charge in [0.1, 0.15) is 0 Å². The molecule has 0 aliphatic carbocycles. The third-order valence-corrected chi connectivity index (χ3v) is 3.79. The highest BCUT2D eigenvalue weighted by Crippen LogP contribution is 2.29. The van der Waals surface area contributed by atoms with E-state index < -0.39 is 0 Å². The van der Waals surface area contributed by atoms with E-state index in [1.807, 2.05) is 36.7 Å². The van der Waals surface area contributed by atoms with Gasteiger partial charge in [-0.1, -0.05) is 23.2 Å². The minimum Gasteiger partial charge on any atom is -0.382 e. The van der Waals surface area contributed by atoms with Gasteiger partial charge in [-0.15, -0.1) is 0 Å². The van der Waals surface area contributed by atoms with Gasteiger partial charge >= 0.3 is 0 Å². The van der Waals surface area contributed by atoms with Gasteiger partial charge in [0.05, 0.1) is 10.7 Å². The summed E-state index contributed by atoms with van der Waals surface area (Å²) in [6.07, 6.45) is 4.51. The maximum atomic E-state index is 6.31. The number of aromatic nitrogens is 2. The molecule has 0 unspecified atom stereocenters. The van der Waals surface area contributed by atoms with Crippen molar-refractivity contribution in [2.45, 2.75) is 20.3 Å². The molecule has 1 heterocycles. The zero-order chi connectivity index (χ0) is 15.2. The molecule has 114 valence electrons. The topological polar surface area (TPSA) is 39.1 Å². The second-order valence-corrected chi connectivity index (χ2v) is 5.47. The molecule has 0 aliphatic heterocycles. The van der Waals surface area contributed by atoms with Crippen molar-refractivity contribution in [1.82, 2.24) is 9.55 Å². The van der Waals surface area contributed by atoms with Gasteiger partial charge in [-0.3, -0.25) is 4.57 Å². The number of imidazole rings is 1. The Balaban J connectivity index is 2.11. The molecule has 0 atom stereocenters. The molecule has 6 heteroatoms. The van der Waals surface area contributed by atoms with Crippen LogP contribution in [0.2, 0.25) is 10.0 Å². The Bertz CT molecular complexity index is 599.